The second kappa shape index (κ2) is 3.72. The molecule has 0 aromatic carbocycles. The summed E-state index contributed by atoms with van der Waals surface area (Å²) in [4.78, 5) is 12.8. The first-order valence-electron chi connectivity index (χ1n) is 4.19. The highest BCUT2D eigenvalue weighted by Gasteiger charge is 2.17. The number of aliphatic hydroxyl groups excluding tert-OH is 1. The lowest BCUT2D eigenvalue weighted by Gasteiger charge is -2.28. The summed E-state index contributed by atoms with van der Waals surface area (Å²) < 4.78 is 0. The van der Waals surface area contributed by atoms with Gasteiger partial charge in [0.15, 0.2) is 0 Å². The van der Waals surface area contributed by atoms with Gasteiger partial charge in [-0.05, 0) is 20.3 Å². The van der Waals surface area contributed by atoms with Gasteiger partial charge in [0.1, 0.15) is 6.61 Å². The molecule has 1 rings (SSSR count). The van der Waals surface area contributed by atoms with Gasteiger partial charge in [-0.2, -0.15) is 0 Å². The van der Waals surface area contributed by atoms with E-state index in [0.717, 1.165) is 13.0 Å². The molecule has 12 heavy (non-hydrogen) atoms. The van der Waals surface area contributed by atoms with E-state index < -0.39 is 0 Å². The maximum atomic E-state index is 11.1. The molecule has 1 N–H and O–H groups in total. The number of amides is 1. The third-order valence-corrected chi connectivity index (χ3v) is 2.40. The Hall–Kier alpha value is -0.830. The Balaban J connectivity index is 2.60. The van der Waals surface area contributed by atoms with Crippen LogP contribution in [0.3, 0.4) is 0 Å². The summed E-state index contributed by atoms with van der Waals surface area (Å²) in [5, 5.41) is 8.63. The fourth-order valence-corrected chi connectivity index (χ4v) is 1.33. The maximum Gasteiger partial charge on any atom is 0.248 e. The van der Waals surface area contributed by atoms with Gasteiger partial charge in [0.05, 0.1) is 0 Å². The van der Waals surface area contributed by atoms with Crippen LogP contribution in [0.2, 0.25) is 0 Å². The molecule has 1 aliphatic heterocycles. The molecule has 3 nitrogen and oxygen atoms in total. The number of hydrogen-bond donors (Lipinski definition) is 1. The highest BCUT2D eigenvalue weighted by atomic mass is 16.3. The van der Waals surface area contributed by atoms with Crippen LogP contribution in [0.15, 0.2) is 11.1 Å². The van der Waals surface area contributed by atoms with Crippen LogP contribution in [0.25, 0.3) is 0 Å². The SMILES string of the molecule is CC1=C(C)CN(C(=O)CO)CC1. The quantitative estimate of drug-likeness (QED) is 0.582. The van der Waals surface area contributed by atoms with Crippen LogP contribution in [0.1, 0.15) is 20.3 Å². The second-order valence-electron chi connectivity index (χ2n) is 3.28. The summed E-state index contributed by atoms with van der Waals surface area (Å²) in [5.74, 6) is -0.165. The number of rotatable bonds is 1. The van der Waals surface area contributed by atoms with Crippen molar-refractivity contribution in [2.75, 3.05) is 19.7 Å². The molecule has 1 heterocycles. The van der Waals surface area contributed by atoms with E-state index >= 15 is 0 Å². The third-order valence-electron chi connectivity index (χ3n) is 2.40. The Labute approximate surface area is 72.7 Å². The average Bonchev–Trinajstić information content (AvgIpc) is 2.08. The summed E-state index contributed by atoms with van der Waals surface area (Å²) >= 11 is 0. The molecule has 0 radical (unpaired) electrons. The Morgan fingerprint density at radius 3 is 2.67 bits per heavy atom. The molecule has 0 atom stereocenters. The first-order valence-corrected chi connectivity index (χ1v) is 4.19. The topological polar surface area (TPSA) is 40.5 Å². The molecule has 1 aliphatic rings. The molecule has 0 unspecified atom stereocenters. The molecule has 0 aromatic heterocycles. The lowest BCUT2D eigenvalue weighted by Crippen LogP contribution is -2.38. The number of hydrogen-bond acceptors (Lipinski definition) is 2. The van der Waals surface area contributed by atoms with Crippen LogP contribution in [0.4, 0.5) is 0 Å². The van der Waals surface area contributed by atoms with Crippen molar-refractivity contribution in [2.45, 2.75) is 20.3 Å². The number of carbonyl (C=O) groups excluding carboxylic acids is 1. The summed E-state index contributed by atoms with van der Waals surface area (Å²) in [5.41, 5.74) is 2.63. The fourth-order valence-electron chi connectivity index (χ4n) is 1.33. The van der Waals surface area contributed by atoms with Crippen molar-refractivity contribution < 1.29 is 9.90 Å². The Bertz CT molecular complexity index is 221. The van der Waals surface area contributed by atoms with Crippen molar-refractivity contribution >= 4 is 5.91 Å². The zero-order chi connectivity index (χ0) is 9.14. The van der Waals surface area contributed by atoms with Crippen molar-refractivity contribution in [1.29, 1.82) is 0 Å². The van der Waals surface area contributed by atoms with Crippen molar-refractivity contribution in [3.8, 4) is 0 Å². The molecule has 0 aliphatic carbocycles. The first-order chi connectivity index (χ1) is 5.65. The predicted octanol–water partition coefficient (Wildman–Crippen LogP) is 0.547. The van der Waals surface area contributed by atoms with Crippen LogP contribution >= 0.6 is 0 Å². The molecule has 0 aromatic rings. The van der Waals surface area contributed by atoms with Crippen molar-refractivity contribution in [1.82, 2.24) is 4.90 Å². The first kappa shape index (κ1) is 9.26. The average molecular weight is 169 g/mol. The molecule has 0 bridgehead atoms. The molecule has 3 heteroatoms. The van der Waals surface area contributed by atoms with Gasteiger partial charge in [0.2, 0.25) is 5.91 Å². The second-order valence-corrected chi connectivity index (χ2v) is 3.28. The maximum absolute atomic E-state index is 11.1. The van der Waals surface area contributed by atoms with Crippen molar-refractivity contribution in [2.24, 2.45) is 0 Å². The Morgan fingerprint density at radius 2 is 2.17 bits per heavy atom. The predicted molar refractivity (Wildman–Crippen MR) is 46.7 cm³/mol. The van der Waals surface area contributed by atoms with Gasteiger partial charge in [-0.25, -0.2) is 0 Å². The van der Waals surface area contributed by atoms with E-state index in [1.165, 1.54) is 11.1 Å². The van der Waals surface area contributed by atoms with E-state index in [1.807, 2.05) is 6.92 Å². The molecular weight excluding hydrogens is 154 g/mol. The van der Waals surface area contributed by atoms with Crippen molar-refractivity contribution in [3.05, 3.63) is 11.1 Å². The molecule has 0 saturated heterocycles. The van der Waals surface area contributed by atoms with E-state index in [4.69, 9.17) is 5.11 Å². The summed E-state index contributed by atoms with van der Waals surface area (Å²) in [6, 6.07) is 0. The van der Waals surface area contributed by atoms with Gasteiger partial charge in [-0.3, -0.25) is 4.79 Å². The van der Waals surface area contributed by atoms with E-state index in [1.54, 1.807) is 4.90 Å². The highest BCUT2D eigenvalue weighted by molar-refractivity contribution is 5.77. The van der Waals surface area contributed by atoms with Gasteiger partial charge in [0, 0.05) is 13.1 Å². The number of aliphatic hydroxyl groups is 1. The summed E-state index contributed by atoms with van der Waals surface area (Å²) in [6.07, 6.45) is 0.942. The minimum atomic E-state index is -0.369. The van der Waals surface area contributed by atoms with E-state index in [9.17, 15) is 4.79 Å². The molecular formula is C9H15NO2. The number of carbonyl (C=O) groups is 1. The lowest BCUT2D eigenvalue weighted by molar-refractivity contribution is -0.133. The van der Waals surface area contributed by atoms with E-state index in [2.05, 4.69) is 6.92 Å². The molecule has 0 spiro atoms. The van der Waals surface area contributed by atoms with Gasteiger partial charge < -0.3 is 10.0 Å². The molecule has 0 saturated carbocycles. The standard InChI is InChI=1S/C9H15NO2/c1-7-3-4-10(5-8(7)2)9(12)6-11/h11H,3-6H2,1-2H3. The van der Waals surface area contributed by atoms with E-state index in [-0.39, 0.29) is 12.5 Å². The van der Waals surface area contributed by atoms with Gasteiger partial charge in [-0.15, -0.1) is 0 Å². The molecule has 1 amide bonds. The van der Waals surface area contributed by atoms with Crippen LogP contribution < -0.4 is 0 Å². The van der Waals surface area contributed by atoms with Crippen LogP contribution in [0.5, 0.6) is 0 Å². The molecule has 68 valence electrons. The Morgan fingerprint density at radius 1 is 1.50 bits per heavy atom. The van der Waals surface area contributed by atoms with Crippen LogP contribution in [-0.4, -0.2) is 35.6 Å². The zero-order valence-corrected chi connectivity index (χ0v) is 7.63. The van der Waals surface area contributed by atoms with Crippen LogP contribution in [0, 0.1) is 0 Å². The van der Waals surface area contributed by atoms with Gasteiger partial charge in [-0.1, -0.05) is 11.1 Å². The lowest BCUT2D eigenvalue weighted by atomic mass is 10.0. The Kier molecular flexibility index (Phi) is 2.87. The van der Waals surface area contributed by atoms with Gasteiger partial charge >= 0.3 is 0 Å². The summed E-state index contributed by atoms with van der Waals surface area (Å²) in [7, 11) is 0. The van der Waals surface area contributed by atoms with Crippen LogP contribution in [-0.2, 0) is 4.79 Å². The third kappa shape index (κ3) is 1.85. The fraction of sp³-hybridized carbons (Fsp3) is 0.667. The largest absolute Gasteiger partial charge is 0.387 e. The zero-order valence-electron chi connectivity index (χ0n) is 7.63. The van der Waals surface area contributed by atoms with E-state index in [0.29, 0.717) is 6.54 Å². The molecule has 0 fully saturated rings. The normalized spacial score (nSPS) is 18.4. The minimum absolute atomic E-state index is 0.165. The highest BCUT2D eigenvalue weighted by Crippen LogP contribution is 2.16. The number of nitrogens with zero attached hydrogens (tertiary/aromatic N) is 1. The van der Waals surface area contributed by atoms with Gasteiger partial charge in [0.25, 0.3) is 0 Å². The smallest absolute Gasteiger partial charge is 0.248 e. The monoisotopic (exact) mass is 169 g/mol. The summed E-state index contributed by atoms with van der Waals surface area (Å²) in [6.45, 7) is 5.20. The van der Waals surface area contributed by atoms with Crippen molar-refractivity contribution in [3.63, 3.8) is 0 Å². The minimum Gasteiger partial charge on any atom is -0.387 e.